The van der Waals surface area contributed by atoms with E-state index in [0.29, 0.717) is 17.8 Å². The maximum atomic E-state index is 9.13. The van der Waals surface area contributed by atoms with Crippen molar-refractivity contribution in [3.8, 4) is 0 Å². The third-order valence-electron chi connectivity index (χ3n) is 3.21. The number of nitrogens with zero attached hydrogens (tertiary/aromatic N) is 3. The molecule has 1 saturated heterocycles. The summed E-state index contributed by atoms with van der Waals surface area (Å²) in [5.41, 5.74) is 0. The molecule has 2 rings (SSSR count). The van der Waals surface area contributed by atoms with Crippen LogP contribution >= 0.6 is 11.6 Å². The second kappa shape index (κ2) is 5.35. The molecule has 0 amide bonds. The molecule has 17 heavy (non-hydrogen) atoms. The lowest BCUT2D eigenvalue weighted by Crippen LogP contribution is -2.49. The molecule has 0 spiro atoms. The third-order valence-corrected chi connectivity index (χ3v) is 3.56. The van der Waals surface area contributed by atoms with Gasteiger partial charge in [0, 0.05) is 19.6 Å². The summed E-state index contributed by atoms with van der Waals surface area (Å²) in [7, 11) is 1.90. The topological polar surface area (TPSA) is 50.5 Å². The Hall–Kier alpha value is -0.620. The van der Waals surface area contributed by atoms with E-state index >= 15 is 0 Å². The number of ether oxygens (including phenoxy) is 1. The van der Waals surface area contributed by atoms with E-state index in [1.165, 1.54) is 0 Å². The predicted molar refractivity (Wildman–Crippen MR) is 64.9 cm³/mol. The summed E-state index contributed by atoms with van der Waals surface area (Å²) >= 11 is 5.96. The first-order valence-corrected chi connectivity index (χ1v) is 6.12. The molecule has 2 unspecified atom stereocenters. The molecule has 1 aromatic rings. The van der Waals surface area contributed by atoms with Gasteiger partial charge >= 0.3 is 0 Å². The van der Waals surface area contributed by atoms with Gasteiger partial charge in [0.15, 0.2) is 0 Å². The van der Waals surface area contributed by atoms with Crippen molar-refractivity contribution in [2.45, 2.75) is 25.6 Å². The van der Waals surface area contributed by atoms with Crippen LogP contribution < -0.4 is 0 Å². The van der Waals surface area contributed by atoms with E-state index in [1.807, 2.05) is 11.6 Å². The van der Waals surface area contributed by atoms with Crippen LogP contribution in [0.5, 0.6) is 0 Å². The van der Waals surface area contributed by atoms with E-state index in [2.05, 4.69) is 16.8 Å². The second-order valence-electron chi connectivity index (χ2n) is 4.47. The van der Waals surface area contributed by atoms with Crippen molar-refractivity contribution in [2.24, 2.45) is 7.05 Å². The summed E-state index contributed by atoms with van der Waals surface area (Å²) in [6.07, 6.45) is 1.56. The number of aliphatic hydroxyl groups is 1. The molecule has 0 bridgehead atoms. The molecule has 1 fully saturated rings. The van der Waals surface area contributed by atoms with Crippen molar-refractivity contribution in [3.63, 3.8) is 0 Å². The molecule has 1 aliphatic heterocycles. The van der Waals surface area contributed by atoms with Crippen molar-refractivity contribution in [2.75, 3.05) is 19.8 Å². The highest BCUT2D eigenvalue weighted by Crippen LogP contribution is 2.16. The normalized spacial score (nSPS) is 26.4. The highest BCUT2D eigenvalue weighted by Gasteiger charge is 2.26. The van der Waals surface area contributed by atoms with Crippen LogP contribution in [0.4, 0.5) is 0 Å². The van der Waals surface area contributed by atoms with Crippen LogP contribution in [0, 0.1) is 0 Å². The van der Waals surface area contributed by atoms with Crippen molar-refractivity contribution >= 4 is 11.6 Å². The number of rotatable bonds is 3. The molecule has 1 aliphatic rings. The number of hydrogen-bond donors (Lipinski definition) is 1. The molecule has 5 nitrogen and oxygen atoms in total. The average Bonchev–Trinajstić information content (AvgIpc) is 2.64. The fraction of sp³-hybridized carbons (Fsp3) is 0.727. The Kier molecular flexibility index (Phi) is 4.04. The molecule has 2 heterocycles. The van der Waals surface area contributed by atoms with Gasteiger partial charge in [0.25, 0.3) is 0 Å². The van der Waals surface area contributed by atoms with Crippen molar-refractivity contribution < 1.29 is 9.84 Å². The van der Waals surface area contributed by atoms with Gasteiger partial charge in [0.2, 0.25) is 0 Å². The number of aromatic nitrogens is 2. The molecule has 0 saturated carbocycles. The van der Waals surface area contributed by atoms with Crippen LogP contribution in [0.25, 0.3) is 0 Å². The molecule has 96 valence electrons. The van der Waals surface area contributed by atoms with Crippen molar-refractivity contribution in [1.82, 2.24) is 14.5 Å². The number of hydrogen-bond acceptors (Lipinski definition) is 4. The molecule has 6 heteroatoms. The smallest absolute Gasteiger partial charge is 0.128 e. The van der Waals surface area contributed by atoms with E-state index in [1.54, 1.807) is 6.20 Å². The van der Waals surface area contributed by atoms with Crippen LogP contribution in [0.15, 0.2) is 6.20 Å². The Morgan fingerprint density at radius 1 is 1.65 bits per heavy atom. The van der Waals surface area contributed by atoms with Gasteiger partial charge in [0.05, 0.1) is 32.1 Å². The first kappa shape index (κ1) is 12.8. The van der Waals surface area contributed by atoms with Crippen LogP contribution in [0.2, 0.25) is 5.15 Å². The zero-order valence-corrected chi connectivity index (χ0v) is 10.9. The number of halogens is 1. The number of aliphatic hydroxyl groups excluding tert-OH is 1. The lowest BCUT2D eigenvalue weighted by Gasteiger charge is -2.37. The summed E-state index contributed by atoms with van der Waals surface area (Å²) in [6.45, 7) is 4.26. The molecule has 0 aromatic carbocycles. The Bertz CT molecular complexity index is 383. The SMILES string of the molecule is CC1COC(CO)CN1Cc1ncc(Cl)n1C. The Morgan fingerprint density at radius 3 is 3.00 bits per heavy atom. The standard InChI is InChI=1S/C11H18ClN3O2/c1-8-7-17-9(6-16)4-15(8)5-11-13-3-10(12)14(11)2/h3,8-9,16H,4-7H2,1-2H3. The highest BCUT2D eigenvalue weighted by molar-refractivity contribution is 6.29. The predicted octanol–water partition coefficient (Wildman–Crippen LogP) is 0.655. The van der Waals surface area contributed by atoms with Crippen molar-refractivity contribution in [1.29, 1.82) is 0 Å². The van der Waals surface area contributed by atoms with Gasteiger partial charge in [0.1, 0.15) is 11.0 Å². The van der Waals surface area contributed by atoms with E-state index < -0.39 is 0 Å². The third kappa shape index (κ3) is 2.80. The lowest BCUT2D eigenvalue weighted by molar-refractivity contribution is -0.0813. The Balaban J connectivity index is 2.04. The average molecular weight is 260 g/mol. The zero-order valence-electron chi connectivity index (χ0n) is 10.1. The van der Waals surface area contributed by atoms with Gasteiger partial charge in [-0.1, -0.05) is 11.6 Å². The molecular formula is C11H18ClN3O2. The van der Waals surface area contributed by atoms with Gasteiger partial charge in [-0.15, -0.1) is 0 Å². The van der Waals surface area contributed by atoms with E-state index in [9.17, 15) is 0 Å². The van der Waals surface area contributed by atoms with Gasteiger partial charge < -0.3 is 14.4 Å². The van der Waals surface area contributed by atoms with Crippen LogP contribution in [-0.2, 0) is 18.3 Å². The second-order valence-corrected chi connectivity index (χ2v) is 4.86. The molecule has 1 aromatic heterocycles. The minimum absolute atomic E-state index is 0.0601. The minimum atomic E-state index is -0.0954. The fourth-order valence-corrected chi connectivity index (χ4v) is 2.10. The van der Waals surface area contributed by atoms with Crippen LogP contribution in [0.1, 0.15) is 12.7 Å². The van der Waals surface area contributed by atoms with Gasteiger partial charge in [-0.25, -0.2) is 4.98 Å². The maximum absolute atomic E-state index is 9.13. The lowest BCUT2D eigenvalue weighted by atomic mass is 10.2. The fourth-order valence-electron chi connectivity index (χ4n) is 1.96. The maximum Gasteiger partial charge on any atom is 0.128 e. The van der Waals surface area contributed by atoms with E-state index in [4.69, 9.17) is 21.4 Å². The Labute approximate surface area is 106 Å². The van der Waals surface area contributed by atoms with Crippen molar-refractivity contribution in [3.05, 3.63) is 17.2 Å². The van der Waals surface area contributed by atoms with Gasteiger partial charge in [-0.2, -0.15) is 0 Å². The summed E-state index contributed by atoms with van der Waals surface area (Å²) in [5, 5.41) is 9.76. The van der Waals surface area contributed by atoms with Gasteiger partial charge in [-0.05, 0) is 6.92 Å². The molecule has 2 atom stereocenters. The Morgan fingerprint density at radius 2 is 2.41 bits per heavy atom. The van der Waals surface area contributed by atoms with Crippen LogP contribution in [0.3, 0.4) is 0 Å². The number of morpholine rings is 1. The molecule has 0 radical (unpaired) electrons. The van der Waals surface area contributed by atoms with Gasteiger partial charge in [-0.3, -0.25) is 4.90 Å². The van der Waals surface area contributed by atoms with E-state index in [0.717, 1.165) is 18.9 Å². The highest BCUT2D eigenvalue weighted by atomic mass is 35.5. The summed E-state index contributed by atoms with van der Waals surface area (Å²) < 4.78 is 7.37. The molecule has 0 aliphatic carbocycles. The number of imidazole rings is 1. The van der Waals surface area contributed by atoms with E-state index in [-0.39, 0.29) is 12.7 Å². The first-order valence-electron chi connectivity index (χ1n) is 5.74. The summed E-state index contributed by atoms with van der Waals surface area (Å²) in [6, 6.07) is 0.327. The summed E-state index contributed by atoms with van der Waals surface area (Å²) in [4.78, 5) is 6.53. The summed E-state index contributed by atoms with van der Waals surface area (Å²) in [5.74, 6) is 0.931. The molecular weight excluding hydrogens is 242 g/mol. The molecule has 1 N–H and O–H groups in total. The van der Waals surface area contributed by atoms with Crippen LogP contribution in [-0.4, -0.2) is 51.5 Å². The minimum Gasteiger partial charge on any atom is -0.394 e. The zero-order chi connectivity index (χ0) is 12.4. The largest absolute Gasteiger partial charge is 0.394 e. The monoisotopic (exact) mass is 259 g/mol. The quantitative estimate of drug-likeness (QED) is 0.866. The first-order chi connectivity index (χ1) is 8.11.